The van der Waals surface area contributed by atoms with Gasteiger partial charge in [-0.25, -0.2) is 0 Å². The lowest BCUT2D eigenvalue weighted by atomic mass is 10.1. The van der Waals surface area contributed by atoms with Crippen LogP contribution in [-0.2, 0) is 0 Å². The Morgan fingerprint density at radius 3 is 2.24 bits per heavy atom. The van der Waals surface area contributed by atoms with E-state index in [1.54, 1.807) is 0 Å². The lowest BCUT2D eigenvalue weighted by molar-refractivity contribution is 0.173. The van der Waals surface area contributed by atoms with Crippen LogP contribution in [0.25, 0.3) is 0 Å². The Bertz CT molecular complexity index is 199. The molecule has 0 unspecified atom stereocenters. The van der Waals surface area contributed by atoms with Crippen LogP contribution in [-0.4, -0.2) is 36.1 Å². The SMILES string of the molecule is CC(C)CN(CCNC(C)(C)C)C1CCCC1. The van der Waals surface area contributed by atoms with Gasteiger partial charge in [0.05, 0.1) is 0 Å². The largest absolute Gasteiger partial charge is 0.311 e. The van der Waals surface area contributed by atoms with Gasteiger partial charge in [0.25, 0.3) is 0 Å². The highest BCUT2D eigenvalue weighted by molar-refractivity contribution is 4.79. The molecule has 2 heteroatoms. The predicted octanol–water partition coefficient (Wildman–Crippen LogP) is 3.28. The average molecular weight is 240 g/mol. The van der Waals surface area contributed by atoms with Crippen molar-refractivity contribution in [3.05, 3.63) is 0 Å². The van der Waals surface area contributed by atoms with E-state index in [9.17, 15) is 0 Å². The predicted molar refractivity (Wildman–Crippen MR) is 76.4 cm³/mol. The third kappa shape index (κ3) is 6.42. The van der Waals surface area contributed by atoms with Crippen LogP contribution in [0.15, 0.2) is 0 Å². The second-order valence-corrected chi connectivity index (χ2v) is 7.00. The number of hydrogen-bond acceptors (Lipinski definition) is 2. The third-order valence-corrected chi connectivity index (χ3v) is 3.50. The first-order chi connectivity index (χ1) is 7.88. The van der Waals surface area contributed by atoms with Crippen LogP contribution < -0.4 is 5.32 Å². The van der Waals surface area contributed by atoms with E-state index < -0.39 is 0 Å². The maximum atomic E-state index is 3.61. The van der Waals surface area contributed by atoms with E-state index in [0.717, 1.165) is 18.5 Å². The summed E-state index contributed by atoms with van der Waals surface area (Å²) in [5.74, 6) is 0.783. The standard InChI is InChI=1S/C15H32N2/c1-13(2)12-17(14-8-6-7-9-14)11-10-16-15(3,4)5/h13-14,16H,6-12H2,1-5H3. The molecule has 0 radical (unpaired) electrons. The van der Waals surface area contributed by atoms with Crippen LogP contribution in [0, 0.1) is 5.92 Å². The molecule has 1 saturated carbocycles. The summed E-state index contributed by atoms with van der Waals surface area (Å²) in [5.41, 5.74) is 0.249. The van der Waals surface area contributed by atoms with Crippen molar-refractivity contribution in [1.82, 2.24) is 10.2 Å². The fraction of sp³-hybridized carbons (Fsp3) is 1.00. The van der Waals surface area contributed by atoms with Crippen molar-refractivity contribution in [2.45, 2.75) is 71.9 Å². The molecule has 0 aromatic rings. The van der Waals surface area contributed by atoms with Crippen LogP contribution in [0.3, 0.4) is 0 Å². The molecule has 2 nitrogen and oxygen atoms in total. The van der Waals surface area contributed by atoms with Gasteiger partial charge in [0.1, 0.15) is 0 Å². The van der Waals surface area contributed by atoms with Gasteiger partial charge in [-0.05, 0) is 39.5 Å². The Balaban J connectivity index is 2.35. The number of nitrogens with zero attached hydrogens (tertiary/aromatic N) is 1. The number of hydrogen-bond donors (Lipinski definition) is 1. The first-order valence-electron chi connectivity index (χ1n) is 7.37. The molecule has 102 valence electrons. The Morgan fingerprint density at radius 2 is 1.76 bits per heavy atom. The van der Waals surface area contributed by atoms with Gasteiger partial charge in [-0.1, -0.05) is 26.7 Å². The molecule has 17 heavy (non-hydrogen) atoms. The van der Waals surface area contributed by atoms with Crippen LogP contribution in [0.5, 0.6) is 0 Å². The van der Waals surface area contributed by atoms with Gasteiger partial charge in [-0.3, -0.25) is 4.90 Å². The van der Waals surface area contributed by atoms with Gasteiger partial charge < -0.3 is 5.32 Å². The number of nitrogens with one attached hydrogen (secondary N) is 1. The molecule has 0 atom stereocenters. The van der Waals surface area contributed by atoms with Gasteiger partial charge in [0, 0.05) is 31.2 Å². The van der Waals surface area contributed by atoms with Crippen molar-refractivity contribution >= 4 is 0 Å². The van der Waals surface area contributed by atoms with Crippen molar-refractivity contribution in [3.63, 3.8) is 0 Å². The Hall–Kier alpha value is -0.0800. The molecule has 1 aliphatic carbocycles. The molecule has 0 heterocycles. The summed E-state index contributed by atoms with van der Waals surface area (Å²) in [4.78, 5) is 2.72. The maximum absolute atomic E-state index is 3.61. The highest BCUT2D eigenvalue weighted by Crippen LogP contribution is 2.23. The first-order valence-corrected chi connectivity index (χ1v) is 7.37. The minimum atomic E-state index is 0.249. The molecule has 1 aliphatic rings. The maximum Gasteiger partial charge on any atom is 0.0110 e. The first kappa shape index (κ1) is 15.0. The highest BCUT2D eigenvalue weighted by atomic mass is 15.2. The van der Waals surface area contributed by atoms with Gasteiger partial charge in [0.15, 0.2) is 0 Å². The Morgan fingerprint density at radius 1 is 1.18 bits per heavy atom. The van der Waals surface area contributed by atoms with E-state index in [1.807, 2.05) is 0 Å². The summed E-state index contributed by atoms with van der Waals surface area (Å²) in [6.07, 6.45) is 5.71. The molecule has 1 rings (SSSR count). The fourth-order valence-corrected chi connectivity index (χ4v) is 2.74. The molecular formula is C15H32N2. The summed E-state index contributed by atoms with van der Waals surface area (Å²) in [5, 5.41) is 3.61. The quantitative estimate of drug-likeness (QED) is 0.766. The zero-order chi connectivity index (χ0) is 12.9. The summed E-state index contributed by atoms with van der Waals surface area (Å²) in [6, 6.07) is 0.860. The Kier molecular flexibility index (Phi) is 5.94. The van der Waals surface area contributed by atoms with Gasteiger partial charge in [0.2, 0.25) is 0 Å². The molecule has 0 bridgehead atoms. The summed E-state index contributed by atoms with van der Waals surface area (Å²) < 4.78 is 0. The molecule has 1 fully saturated rings. The zero-order valence-corrected chi connectivity index (χ0v) is 12.6. The van der Waals surface area contributed by atoms with E-state index in [4.69, 9.17) is 0 Å². The van der Waals surface area contributed by atoms with Crippen molar-refractivity contribution in [1.29, 1.82) is 0 Å². The Labute approximate surface area is 108 Å². The van der Waals surface area contributed by atoms with E-state index in [0.29, 0.717) is 0 Å². The molecule has 1 N–H and O–H groups in total. The topological polar surface area (TPSA) is 15.3 Å². The van der Waals surface area contributed by atoms with E-state index in [2.05, 4.69) is 44.8 Å². The lowest BCUT2D eigenvalue weighted by Crippen LogP contribution is -2.45. The third-order valence-electron chi connectivity index (χ3n) is 3.50. The van der Waals surface area contributed by atoms with E-state index in [1.165, 1.54) is 38.8 Å². The molecule has 0 amide bonds. The minimum Gasteiger partial charge on any atom is -0.311 e. The van der Waals surface area contributed by atoms with Crippen LogP contribution in [0.2, 0.25) is 0 Å². The lowest BCUT2D eigenvalue weighted by Gasteiger charge is -2.32. The van der Waals surface area contributed by atoms with Crippen molar-refractivity contribution in [2.24, 2.45) is 5.92 Å². The molecule has 0 spiro atoms. The van der Waals surface area contributed by atoms with E-state index in [-0.39, 0.29) is 5.54 Å². The van der Waals surface area contributed by atoms with Crippen molar-refractivity contribution in [3.8, 4) is 0 Å². The normalized spacial score (nSPS) is 18.5. The van der Waals surface area contributed by atoms with E-state index >= 15 is 0 Å². The van der Waals surface area contributed by atoms with Crippen LogP contribution >= 0.6 is 0 Å². The average Bonchev–Trinajstić information content (AvgIpc) is 2.66. The van der Waals surface area contributed by atoms with Gasteiger partial charge >= 0.3 is 0 Å². The minimum absolute atomic E-state index is 0.249. The highest BCUT2D eigenvalue weighted by Gasteiger charge is 2.23. The monoisotopic (exact) mass is 240 g/mol. The molecule has 0 aliphatic heterocycles. The second kappa shape index (κ2) is 6.75. The molecule has 0 saturated heterocycles. The smallest absolute Gasteiger partial charge is 0.0110 e. The van der Waals surface area contributed by atoms with Crippen molar-refractivity contribution in [2.75, 3.05) is 19.6 Å². The molecule has 0 aromatic carbocycles. The van der Waals surface area contributed by atoms with Crippen LogP contribution in [0.4, 0.5) is 0 Å². The summed E-state index contributed by atoms with van der Waals surface area (Å²) >= 11 is 0. The second-order valence-electron chi connectivity index (χ2n) is 7.00. The molecule has 0 aromatic heterocycles. The number of rotatable bonds is 6. The van der Waals surface area contributed by atoms with Crippen molar-refractivity contribution < 1.29 is 0 Å². The van der Waals surface area contributed by atoms with Crippen LogP contribution in [0.1, 0.15) is 60.3 Å². The van der Waals surface area contributed by atoms with Gasteiger partial charge in [-0.15, -0.1) is 0 Å². The zero-order valence-electron chi connectivity index (χ0n) is 12.6. The summed E-state index contributed by atoms with van der Waals surface area (Å²) in [6.45, 7) is 15.0. The van der Waals surface area contributed by atoms with Gasteiger partial charge in [-0.2, -0.15) is 0 Å². The summed E-state index contributed by atoms with van der Waals surface area (Å²) in [7, 11) is 0. The molecular weight excluding hydrogens is 208 g/mol. The fourth-order valence-electron chi connectivity index (χ4n) is 2.74.